The molecule has 0 spiro atoms. The van der Waals surface area contributed by atoms with Gasteiger partial charge in [0.15, 0.2) is 0 Å². The van der Waals surface area contributed by atoms with E-state index in [9.17, 15) is 4.79 Å². The highest BCUT2D eigenvalue weighted by molar-refractivity contribution is 6.31. The molecule has 21 heavy (non-hydrogen) atoms. The van der Waals surface area contributed by atoms with E-state index in [-0.39, 0.29) is 5.91 Å². The number of fused-ring (bicyclic) bond motifs is 1. The smallest absolute Gasteiger partial charge is 0.255 e. The van der Waals surface area contributed by atoms with Crippen LogP contribution in [0.2, 0.25) is 5.02 Å². The molecule has 0 bridgehead atoms. The maximum Gasteiger partial charge on any atom is 0.255 e. The fraction of sp³-hybridized carbons (Fsp3) is 0.235. The molecule has 0 unspecified atom stereocenters. The zero-order valence-electron chi connectivity index (χ0n) is 11.9. The van der Waals surface area contributed by atoms with Gasteiger partial charge in [-0.1, -0.05) is 17.7 Å². The molecule has 0 aliphatic carbocycles. The number of carbonyl (C=O) groups excluding carboxylic acids is 1. The fourth-order valence-electron chi connectivity index (χ4n) is 2.63. The van der Waals surface area contributed by atoms with Gasteiger partial charge in [0.1, 0.15) is 0 Å². The Kier molecular flexibility index (Phi) is 3.95. The molecule has 0 atom stereocenters. The zero-order chi connectivity index (χ0) is 14.8. The Labute approximate surface area is 129 Å². The average molecular weight is 301 g/mol. The number of amides is 1. The van der Waals surface area contributed by atoms with Crippen LogP contribution in [0.3, 0.4) is 0 Å². The number of rotatable bonds is 2. The van der Waals surface area contributed by atoms with Crippen LogP contribution in [0.4, 0.5) is 5.69 Å². The van der Waals surface area contributed by atoms with Crippen LogP contribution in [0.1, 0.15) is 27.0 Å². The van der Waals surface area contributed by atoms with Crippen LogP contribution in [0, 0.1) is 6.92 Å². The third-order valence-corrected chi connectivity index (χ3v) is 3.87. The van der Waals surface area contributed by atoms with Crippen molar-refractivity contribution in [2.75, 3.05) is 11.9 Å². The van der Waals surface area contributed by atoms with Crippen LogP contribution in [-0.2, 0) is 13.0 Å². The molecule has 1 amide bonds. The summed E-state index contributed by atoms with van der Waals surface area (Å²) in [4.78, 5) is 12.3. The largest absolute Gasteiger partial charge is 0.322 e. The maximum atomic E-state index is 12.3. The normalized spacial score (nSPS) is 13.6. The van der Waals surface area contributed by atoms with Crippen LogP contribution in [0.25, 0.3) is 0 Å². The number of nitrogens with one attached hydrogen (secondary N) is 2. The van der Waals surface area contributed by atoms with Crippen LogP contribution >= 0.6 is 11.6 Å². The molecule has 3 nitrogen and oxygen atoms in total. The summed E-state index contributed by atoms with van der Waals surface area (Å²) in [6.07, 6.45) is 1.04. The van der Waals surface area contributed by atoms with Gasteiger partial charge in [-0.2, -0.15) is 0 Å². The van der Waals surface area contributed by atoms with Crippen molar-refractivity contribution in [3.63, 3.8) is 0 Å². The van der Waals surface area contributed by atoms with Crippen molar-refractivity contribution in [1.29, 1.82) is 0 Å². The topological polar surface area (TPSA) is 41.1 Å². The first-order valence-electron chi connectivity index (χ1n) is 7.03. The Morgan fingerprint density at radius 3 is 2.86 bits per heavy atom. The summed E-state index contributed by atoms with van der Waals surface area (Å²) in [6.45, 7) is 3.79. The summed E-state index contributed by atoms with van der Waals surface area (Å²) < 4.78 is 0. The molecule has 2 N–H and O–H groups in total. The van der Waals surface area contributed by atoms with E-state index >= 15 is 0 Å². The van der Waals surface area contributed by atoms with Gasteiger partial charge in [-0.3, -0.25) is 4.79 Å². The number of halogens is 1. The van der Waals surface area contributed by atoms with Crippen molar-refractivity contribution in [3.8, 4) is 0 Å². The monoisotopic (exact) mass is 300 g/mol. The highest BCUT2D eigenvalue weighted by atomic mass is 35.5. The van der Waals surface area contributed by atoms with Crippen LogP contribution < -0.4 is 10.6 Å². The number of benzene rings is 2. The number of anilines is 1. The molecule has 0 aromatic heterocycles. The minimum Gasteiger partial charge on any atom is -0.322 e. The standard InChI is InChI=1S/C17H17ClN2O/c1-11-6-13(8-15(18)7-11)17(21)20-16-3-2-12-4-5-19-10-14(12)9-16/h2-3,6-9,19H,4-5,10H2,1H3,(H,20,21). The van der Waals surface area contributed by atoms with Gasteiger partial charge in [-0.05, 0) is 66.9 Å². The van der Waals surface area contributed by atoms with Gasteiger partial charge in [-0.15, -0.1) is 0 Å². The minimum absolute atomic E-state index is 0.135. The second kappa shape index (κ2) is 5.88. The summed E-state index contributed by atoms with van der Waals surface area (Å²) >= 11 is 6.00. The first-order chi connectivity index (χ1) is 10.1. The first-order valence-corrected chi connectivity index (χ1v) is 7.41. The summed E-state index contributed by atoms with van der Waals surface area (Å²) in [5.41, 5.74) is 4.98. The lowest BCUT2D eigenvalue weighted by atomic mass is 10.0. The molecule has 108 valence electrons. The fourth-order valence-corrected chi connectivity index (χ4v) is 2.92. The molecule has 0 saturated heterocycles. The van der Waals surface area contributed by atoms with E-state index in [1.54, 1.807) is 6.07 Å². The second-order valence-electron chi connectivity index (χ2n) is 5.38. The second-order valence-corrected chi connectivity index (χ2v) is 5.82. The highest BCUT2D eigenvalue weighted by Crippen LogP contribution is 2.20. The highest BCUT2D eigenvalue weighted by Gasteiger charge is 2.11. The van der Waals surface area contributed by atoms with Crippen molar-refractivity contribution < 1.29 is 4.79 Å². The van der Waals surface area contributed by atoms with Crippen molar-refractivity contribution in [1.82, 2.24) is 5.32 Å². The number of carbonyl (C=O) groups is 1. The lowest BCUT2D eigenvalue weighted by Gasteiger charge is -2.18. The molecule has 2 aromatic carbocycles. The molecule has 2 aromatic rings. The van der Waals surface area contributed by atoms with E-state index < -0.39 is 0 Å². The predicted octanol–water partition coefficient (Wildman–Crippen LogP) is 3.55. The van der Waals surface area contributed by atoms with Gasteiger partial charge < -0.3 is 10.6 Å². The SMILES string of the molecule is Cc1cc(Cl)cc(C(=O)Nc2ccc3c(c2)CNCC3)c1. The van der Waals surface area contributed by atoms with Crippen molar-refractivity contribution in [2.24, 2.45) is 0 Å². The summed E-state index contributed by atoms with van der Waals surface area (Å²) in [7, 11) is 0. The Morgan fingerprint density at radius 2 is 2.05 bits per heavy atom. The Hall–Kier alpha value is -1.84. The molecule has 0 fully saturated rings. The molecule has 3 rings (SSSR count). The summed E-state index contributed by atoms with van der Waals surface area (Å²) in [5.74, 6) is -0.135. The quantitative estimate of drug-likeness (QED) is 0.890. The average Bonchev–Trinajstić information content (AvgIpc) is 2.46. The van der Waals surface area contributed by atoms with E-state index in [0.29, 0.717) is 10.6 Å². The number of hydrogen-bond donors (Lipinski definition) is 2. The predicted molar refractivity (Wildman–Crippen MR) is 86.0 cm³/mol. The molecule has 0 radical (unpaired) electrons. The molecule has 4 heteroatoms. The van der Waals surface area contributed by atoms with Gasteiger partial charge in [0.25, 0.3) is 5.91 Å². The van der Waals surface area contributed by atoms with E-state index in [0.717, 1.165) is 30.8 Å². The molecule has 1 aliphatic rings. The van der Waals surface area contributed by atoms with Gasteiger partial charge in [0.2, 0.25) is 0 Å². The first kappa shape index (κ1) is 14.1. The van der Waals surface area contributed by atoms with Gasteiger partial charge in [0.05, 0.1) is 0 Å². The van der Waals surface area contributed by atoms with Crippen LogP contribution in [0.15, 0.2) is 36.4 Å². The van der Waals surface area contributed by atoms with Gasteiger partial charge in [0, 0.05) is 22.8 Å². The molecule has 1 aliphatic heterocycles. The van der Waals surface area contributed by atoms with Crippen molar-refractivity contribution in [3.05, 3.63) is 63.7 Å². The summed E-state index contributed by atoms with van der Waals surface area (Å²) in [6, 6.07) is 11.4. The van der Waals surface area contributed by atoms with Crippen LogP contribution in [0.5, 0.6) is 0 Å². The molecular formula is C17H17ClN2O. The minimum atomic E-state index is -0.135. The third kappa shape index (κ3) is 3.26. The third-order valence-electron chi connectivity index (χ3n) is 3.66. The Bertz CT molecular complexity index is 677. The maximum absolute atomic E-state index is 12.3. The van der Waals surface area contributed by atoms with Crippen molar-refractivity contribution >= 4 is 23.2 Å². The number of hydrogen-bond acceptors (Lipinski definition) is 2. The number of aryl methyl sites for hydroxylation is 1. The summed E-state index contributed by atoms with van der Waals surface area (Å²) in [5, 5.41) is 6.85. The van der Waals surface area contributed by atoms with E-state index in [2.05, 4.69) is 16.7 Å². The van der Waals surface area contributed by atoms with Gasteiger partial charge in [-0.25, -0.2) is 0 Å². The molecule has 1 heterocycles. The van der Waals surface area contributed by atoms with E-state index in [1.165, 1.54) is 11.1 Å². The molecule has 0 saturated carbocycles. The zero-order valence-corrected chi connectivity index (χ0v) is 12.6. The van der Waals surface area contributed by atoms with E-state index in [1.807, 2.05) is 31.2 Å². The Morgan fingerprint density at radius 1 is 1.19 bits per heavy atom. The lowest BCUT2D eigenvalue weighted by Crippen LogP contribution is -2.23. The lowest BCUT2D eigenvalue weighted by molar-refractivity contribution is 0.102. The molecular weight excluding hydrogens is 284 g/mol. The van der Waals surface area contributed by atoms with Gasteiger partial charge >= 0.3 is 0 Å². The van der Waals surface area contributed by atoms with Crippen molar-refractivity contribution in [2.45, 2.75) is 19.9 Å². The van der Waals surface area contributed by atoms with E-state index in [4.69, 9.17) is 11.6 Å². The Balaban J connectivity index is 1.81. The van der Waals surface area contributed by atoms with Crippen LogP contribution in [-0.4, -0.2) is 12.5 Å².